The Morgan fingerprint density at radius 3 is 2.22 bits per heavy atom. The third-order valence-electron chi connectivity index (χ3n) is 9.33. The number of hydrogen-bond donors (Lipinski definition) is 2. The lowest BCUT2D eigenvalue weighted by atomic mass is 9.50. The van der Waals surface area contributed by atoms with Crippen LogP contribution in [-0.4, -0.2) is 34.4 Å². The van der Waals surface area contributed by atoms with E-state index < -0.39 is 0 Å². The number of carbonyl (C=O) groups excluding carboxylic acids is 2. The zero-order valence-corrected chi connectivity index (χ0v) is 20.6. The Hall–Kier alpha value is -2.04. The van der Waals surface area contributed by atoms with Gasteiger partial charge in [-0.2, -0.15) is 0 Å². The quantitative estimate of drug-likeness (QED) is 0.714. The lowest BCUT2D eigenvalue weighted by molar-refractivity contribution is -0.150. The molecule has 0 unspecified atom stereocenters. The highest BCUT2D eigenvalue weighted by Crippen LogP contribution is 2.58. The molecule has 2 fully saturated rings. The van der Waals surface area contributed by atoms with E-state index >= 15 is 0 Å². The molecular weight excluding hydrogens is 400 g/mol. The number of rotatable bonds is 2. The van der Waals surface area contributed by atoms with E-state index in [4.69, 9.17) is 5.73 Å². The highest BCUT2D eigenvalue weighted by molar-refractivity contribution is 5.81. The van der Waals surface area contributed by atoms with Crippen molar-refractivity contribution in [3.05, 3.63) is 28.8 Å². The normalized spacial score (nSPS) is 31.7. The minimum atomic E-state index is -0.236. The van der Waals surface area contributed by atoms with Crippen molar-refractivity contribution in [2.45, 2.75) is 96.9 Å². The van der Waals surface area contributed by atoms with Crippen LogP contribution in [0.25, 0.3) is 0 Å². The topological polar surface area (TPSA) is 83.6 Å². The summed E-state index contributed by atoms with van der Waals surface area (Å²) >= 11 is 0. The summed E-state index contributed by atoms with van der Waals surface area (Å²) in [6.45, 7) is 14.0. The number of carbonyl (C=O) groups is 2. The molecule has 1 saturated heterocycles. The number of nitrogens with zero attached hydrogens (tertiary/aromatic N) is 1. The van der Waals surface area contributed by atoms with Gasteiger partial charge in [-0.15, -0.1) is 0 Å². The summed E-state index contributed by atoms with van der Waals surface area (Å²) in [6, 6.07) is 4.39. The molecule has 2 atom stereocenters. The fourth-order valence-electron chi connectivity index (χ4n) is 6.71. The SMILES string of the molecule is CC(C)(C)c1ccc2c(c1O)C[C@H]1N(C(=O)[C@H]3CC[C@@H](C(N)=O)CC3)CC[C@]2(C)C1(C)C. The van der Waals surface area contributed by atoms with Crippen molar-refractivity contribution in [1.82, 2.24) is 4.90 Å². The zero-order chi connectivity index (χ0) is 23.6. The standard InChI is InChI=1S/C27H40N2O3/c1-25(2,3)20-12-11-19-18(22(20)30)15-21-26(4,5)27(19,6)13-14-29(21)24(32)17-9-7-16(8-10-17)23(28)31/h11-12,16-17,21,30H,7-10,13-15H2,1-6H3,(H2,28,31)/t16-,17+,21-,27+/m1/s1. The Morgan fingerprint density at radius 2 is 1.66 bits per heavy atom. The first-order valence-corrected chi connectivity index (χ1v) is 12.2. The predicted octanol–water partition coefficient (Wildman–Crippen LogP) is 4.42. The number of benzene rings is 1. The molecule has 3 N–H and O–H groups in total. The summed E-state index contributed by atoms with van der Waals surface area (Å²) < 4.78 is 0. The average molecular weight is 441 g/mol. The second-order valence-corrected chi connectivity index (χ2v) is 12.2. The Balaban J connectivity index is 1.67. The number of piperidine rings is 1. The number of primary amides is 1. The van der Waals surface area contributed by atoms with Crippen molar-refractivity contribution in [2.24, 2.45) is 23.0 Å². The van der Waals surface area contributed by atoms with Crippen LogP contribution in [0.3, 0.4) is 0 Å². The van der Waals surface area contributed by atoms with Crippen molar-refractivity contribution in [1.29, 1.82) is 0 Å². The fourth-order valence-corrected chi connectivity index (χ4v) is 6.71. The van der Waals surface area contributed by atoms with E-state index in [9.17, 15) is 14.7 Å². The molecule has 1 aromatic carbocycles. The van der Waals surface area contributed by atoms with Gasteiger partial charge in [0.2, 0.25) is 11.8 Å². The molecule has 0 aromatic heterocycles. The van der Waals surface area contributed by atoms with Crippen LogP contribution in [0, 0.1) is 17.3 Å². The van der Waals surface area contributed by atoms with Gasteiger partial charge in [0.25, 0.3) is 0 Å². The van der Waals surface area contributed by atoms with E-state index in [1.807, 2.05) is 0 Å². The van der Waals surface area contributed by atoms with Gasteiger partial charge in [-0.3, -0.25) is 9.59 Å². The average Bonchev–Trinajstić information content (AvgIpc) is 2.70. The summed E-state index contributed by atoms with van der Waals surface area (Å²) in [5.74, 6) is 0.289. The number of likely N-dealkylation sites (tertiary alicyclic amines) is 1. The summed E-state index contributed by atoms with van der Waals surface area (Å²) in [4.78, 5) is 27.4. The summed E-state index contributed by atoms with van der Waals surface area (Å²) in [5, 5.41) is 11.3. The lowest BCUT2D eigenvalue weighted by Gasteiger charge is -2.61. The first-order valence-electron chi connectivity index (χ1n) is 12.2. The summed E-state index contributed by atoms with van der Waals surface area (Å²) in [5.41, 5.74) is 8.40. The molecule has 3 aliphatic rings. The fraction of sp³-hybridized carbons (Fsp3) is 0.704. The van der Waals surface area contributed by atoms with Crippen LogP contribution in [0.2, 0.25) is 0 Å². The van der Waals surface area contributed by atoms with E-state index in [-0.39, 0.29) is 45.9 Å². The van der Waals surface area contributed by atoms with Crippen LogP contribution in [-0.2, 0) is 26.8 Å². The number of phenolic OH excluding ortho intramolecular Hbond substituents is 1. The van der Waals surface area contributed by atoms with Gasteiger partial charge in [0, 0.05) is 29.8 Å². The van der Waals surface area contributed by atoms with Crippen LogP contribution in [0.5, 0.6) is 5.75 Å². The number of amides is 2. The second-order valence-electron chi connectivity index (χ2n) is 12.2. The second kappa shape index (κ2) is 7.50. The van der Waals surface area contributed by atoms with Crippen LogP contribution < -0.4 is 5.73 Å². The molecule has 5 nitrogen and oxygen atoms in total. The lowest BCUT2D eigenvalue weighted by Crippen LogP contribution is -2.65. The molecule has 2 aliphatic carbocycles. The summed E-state index contributed by atoms with van der Waals surface area (Å²) in [7, 11) is 0. The molecule has 4 rings (SSSR count). The van der Waals surface area contributed by atoms with E-state index in [0.29, 0.717) is 25.0 Å². The van der Waals surface area contributed by atoms with Crippen molar-refractivity contribution in [2.75, 3.05) is 6.54 Å². The molecule has 0 spiro atoms. The highest BCUT2D eigenvalue weighted by Gasteiger charge is 2.58. The van der Waals surface area contributed by atoms with Gasteiger partial charge in [0.05, 0.1) is 0 Å². The largest absolute Gasteiger partial charge is 0.507 e. The van der Waals surface area contributed by atoms with E-state index in [2.05, 4.69) is 58.6 Å². The van der Waals surface area contributed by atoms with Gasteiger partial charge in [0.1, 0.15) is 5.75 Å². The maximum Gasteiger partial charge on any atom is 0.225 e. The minimum Gasteiger partial charge on any atom is -0.507 e. The van der Waals surface area contributed by atoms with Crippen molar-refractivity contribution < 1.29 is 14.7 Å². The smallest absolute Gasteiger partial charge is 0.225 e. The number of nitrogens with two attached hydrogens (primary N) is 1. The molecule has 1 saturated carbocycles. The van der Waals surface area contributed by atoms with E-state index in [1.54, 1.807) is 0 Å². The van der Waals surface area contributed by atoms with Gasteiger partial charge >= 0.3 is 0 Å². The third-order valence-corrected chi connectivity index (χ3v) is 9.33. The van der Waals surface area contributed by atoms with Crippen LogP contribution in [0.15, 0.2) is 12.1 Å². The predicted molar refractivity (Wildman–Crippen MR) is 126 cm³/mol. The van der Waals surface area contributed by atoms with Gasteiger partial charge in [-0.25, -0.2) is 0 Å². The zero-order valence-electron chi connectivity index (χ0n) is 20.6. The van der Waals surface area contributed by atoms with E-state index in [1.165, 1.54) is 5.56 Å². The molecule has 32 heavy (non-hydrogen) atoms. The number of aromatic hydroxyl groups is 1. The number of fused-ring (bicyclic) bond motifs is 4. The maximum atomic E-state index is 13.7. The van der Waals surface area contributed by atoms with Crippen LogP contribution in [0.1, 0.15) is 90.3 Å². The molecular formula is C27H40N2O3. The van der Waals surface area contributed by atoms with E-state index in [0.717, 1.165) is 36.9 Å². The number of phenols is 1. The van der Waals surface area contributed by atoms with Crippen LogP contribution in [0.4, 0.5) is 0 Å². The van der Waals surface area contributed by atoms with Crippen LogP contribution >= 0.6 is 0 Å². The monoisotopic (exact) mass is 440 g/mol. The third kappa shape index (κ3) is 3.34. The number of hydrogen-bond acceptors (Lipinski definition) is 3. The molecule has 0 radical (unpaired) electrons. The Kier molecular flexibility index (Phi) is 5.42. The Labute approximate surface area is 192 Å². The first kappa shape index (κ1) is 23.1. The minimum absolute atomic E-state index is 0.0262. The Bertz CT molecular complexity index is 937. The molecule has 1 heterocycles. The molecule has 1 aromatic rings. The molecule has 1 aliphatic heterocycles. The first-order chi connectivity index (χ1) is 14.8. The highest BCUT2D eigenvalue weighted by atomic mass is 16.3. The maximum absolute atomic E-state index is 13.7. The molecule has 2 bridgehead atoms. The molecule has 2 amide bonds. The van der Waals surface area contributed by atoms with Crippen molar-refractivity contribution >= 4 is 11.8 Å². The van der Waals surface area contributed by atoms with Gasteiger partial charge < -0.3 is 15.7 Å². The van der Waals surface area contributed by atoms with Gasteiger partial charge in [-0.1, -0.05) is 53.7 Å². The van der Waals surface area contributed by atoms with Gasteiger partial charge in [-0.05, 0) is 66.0 Å². The molecule has 176 valence electrons. The van der Waals surface area contributed by atoms with Crippen molar-refractivity contribution in [3.63, 3.8) is 0 Å². The van der Waals surface area contributed by atoms with Gasteiger partial charge in [0.15, 0.2) is 0 Å². The van der Waals surface area contributed by atoms with Crippen molar-refractivity contribution in [3.8, 4) is 5.75 Å². The Morgan fingerprint density at radius 1 is 1.06 bits per heavy atom. The summed E-state index contributed by atoms with van der Waals surface area (Å²) in [6.07, 6.45) is 4.48. The molecule has 5 heteroatoms.